The molecule has 7 nitrogen and oxygen atoms in total. The van der Waals surface area contributed by atoms with E-state index in [9.17, 15) is 9.59 Å². The summed E-state index contributed by atoms with van der Waals surface area (Å²) in [5.41, 5.74) is 5.69. The number of nitrogens with two attached hydrogens (primary N) is 1. The third-order valence-electron chi connectivity index (χ3n) is 3.19. The number of rotatable bonds is 8. The number of aromatic nitrogens is 3. The van der Waals surface area contributed by atoms with Gasteiger partial charge in [-0.15, -0.1) is 10.2 Å². The molecule has 9 heteroatoms. The van der Waals surface area contributed by atoms with Gasteiger partial charge in [-0.05, 0) is 31.2 Å². The third kappa shape index (κ3) is 4.97. The second-order valence-corrected chi connectivity index (χ2v) is 6.29. The van der Waals surface area contributed by atoms with E-state index in [1.807, 2.05) is 11.5 Å². The maximum atomic E-state index is 12.0. The zero-order chi connectivity index (χ0) is 17.5. The van der Waals surface area contributed by atoms with E-state index >= 15 is 0 Å². The number of thioether (sulfide) groups is 1. The number of carbonyl (C=O) groups is 2. The van der Waals surface area contributed by atoms with Crippen LogP contribution in [0, 0.1) is 0 Å². The molecule has 0 saturated carbocycles. The van der Waals surface area contributed by atoms with Gasteiger partial charge in [-0.1, -0.05) is 23.4 Å². The van der Waals surface area contributed by atoms with E-state index in [1.165, 1.54) is 11.8 Å². The Morgan fingerprint density at radius 3 is 2.62 bits per heavy atom. The van der Waals surface area contributed by atoms with Crippen LogP contribution in [0.15, 0.2) is 29.4 Å². The highest BCUT2D eigenvalue weighted by Crippen LogP contribution is 2.16. The molecule has 0 aliphatic carbocycles. The van der Waals surface area contributed by atoms with Crippen LogP contribution >= 0.6 is 23.4 Å². The molecule has 2 amide bonds. The number of nitrogens with zero attached hydrogens (tertiary/aromatic N) is 3. The summed E-state index contributed by atoms with van der Waals surface area (Å²) in [6, 6.07) is 6.69. The summed E-state index contributed by atoms with van der Waals surface area (Å²) in [7, 11) is 0. The molecule has 1 aromatic carbocycles. The first-order chi connectivity index (χ1) is 11.5. The molecule has 2 rings (SSSR count). The predicted molar refractivity (Wildman–Crippen MR) is 93.1 cm³/mol. The summed E-state index contributed by atoms with van der Waals surface area (Å²) in [5, 5.41) is 12.3. The highest BCUT2D eigenvalue weighted by atomic mass is 35.5. The fraction of sp³-hybridized carbons (Fsp3) is 0.333. The topological polar surface area (TPSA) is 103 Å². The Labute approximate surface area is 149 Å². The molecule has 2 aromatic rings. The number of benzene rings is 1. The lowest BCUT2D eigenvalue weighted by molar-refractivity contribution is -0.115. The standard InChI is InChI=1S/C15H18ClN5O2S/c1-2-21-13(19-20-15(21)24-9-12(17)22)7-8-18-14(23)10-3-5-11(16)6-4-10/h3-6H,2,7-9H2,1H3,(H2,17,22)(H,18,23). The molecule has 24 heavy (non-hydrogen) atoms. The number of hydrogen-bond donors (Lipinski definition) is 2. The third-order valence-corrected chi connectivity index (χ3v) is 4.43. The molecule has 1 heterocycles. The maximum absolute atomic E-state index is 12.0. The van der Waals surface area contributed by atoms with Crippen molar-refractivity contribution in [2.75, 3.05) is 12.3 Å². The van der Waals surface area contributed by atoms with Gasteiger partial charge in [-0.25, -0.2) is 0 Å². The van der Waals surface area contributed by atoms with E-state index in [2.05, 4.69) is 15.5 Å². The Balaban J connectivity index is 1.90. The Morgan fingerprint density at radius 2 is 2.00 bits per heavy atom. The molecular formula is C15H18ClN5O2S. The minimum Gasteiger partial charge on any atom is -0.369 e. The second kappa shape index (κ2) is 8.70. The van der Waals surface area contributed by atoms with E-state index < -0.39 is 5.91 Å². The van der Waals surface area contributed by atoms with Crippen molar-refractivity contribution < 1.29 is 9.59 Å². The van der Waals surface area contributed by atoms with Gasteiger partial charge in [0, 0.05) is 30.1 Å². The number of halogens is 1. The zero-order valence-electron chi connectivity index (χ0n) is 13.2. The first kappa shape index (κ1) is 18.3. The van der Waals surface area contributed by atoms with Crippen LogP contribution in [0.25, 0.3) is 0 Å². The van der Waals surface area contributed by atoms with Crippen molar-refractivity contribution in [2.45, 2.75) is 25.0 Å². The van der Waals surface area contributed by atoms with Gasteiger partial charge in [0.1, 0.15) is 5.82 Å². The van der Waals surface area contributed by atoms with Crippen molar-refractivity contribution in [3.05, 3.63) is 40.7 Å². The van der Waals surface area contributed by atoms with Crippen LogP contribution < -0.4 is 11.1 Å². The minimum atomic E-state index is -0.401. The number of nitrogens with one attached hydrogen (secondary N) is 1. The van der Waals surface area contributed by atoms with Crippen molar-refractivity contribution in [3.8, 4) is 0 Å². The van der Waals surface area contributed by atoms with Crippen molar-refractivity contribution in [3.63, 3.8) is 0 Å². The zero-order valence-corrected chi connectivity index (χ0v) is 14.7. The fourth-order valence-corrected chi connectivity index (χ4v) is 2.94. The Kier molecular flexibility index (Phi) is 6.62. The summed E-state index contributed by atoms with van der Waals surface area (Å²) in [5.74, 6) is 0.340. The van der Waals surface area contributed by atoms with E-state index in [0.717, 1.165) is 5.82 Å². The molecule has 0 spiro atoms. The lowest BCUT2D eigenvalue weighted by Crippen LogP contribution is -2.26. The van der Waals surface area contributed by atoms with Crippen molar-refractivity contribution in [1.29, 1.82) is 0 Å². The average molecular weight is 368 g/mol. The van der Waals surface area contributed by atoms with E-state index in [4.69, 9.17) is 17.3 Å². The molecule has 0 bridgehead atoms. The molecule has 0 aliphatic rings. The lowest BCUT2D eigenvalue weighted by atomic mass is 10.2. The van der Waals surface area contributed by atoms with E-state index in [1.54, 1.807) is 24.3 Å². The highest BCUT2D eigenvalue weighted by molar-refractivity contribution is 7.99. The second-order valence-electron chi connectivity index (χ2n) is 4.91. The Bertz CT molecular complexity index is 717. The average Bonchev–Trinajstić information content (AvgIpc) is 2.95. The van der Waals surface area contributed by atoms with E-state index in [-0.39, 0.29) is 11.7 Å². The van der Waals surface area contributed by atoms with Crippen LogP contribution in [0.5, 0.6) is 0 Å². The monoisotopic (exact) mass is 367 g/mol. The van der Waals surface area contributed by atoms with Crippen molar-refractivity contribution >= 4 is 35.2 Å². The van der Waals surface area contributed by atoms with Gasteiger partial charge < -0.3 is 15.6 Å². The number of carbonyl (C=O) groups excluding carboxylic acids is 2. The molecule has 0 fully saturated rings. The van der Waals surface area contributed by atoms with Crippen LogP contribution in [0.2, 0.25) is 5.02 Å². The first-order valence-electron chi connectivity index (χ1n) is 7.38. The van der Waals surface area contributed by atoms with Crippen LogP contribution in [0.1, 0.15) is 23.1 Å². The summed E-state index contributed by atoms with van der Waals surface area (Å²) in [4.78, 5) is 22.9. The van der Waals surface area contributed by atoms with Gasteiger partial charge in [-0.2, -0.15) is 0 Å². The fourth-order valence-electron chi connectivity index (χ4n) is 2.06. The smallest absolute Gasteiger partial charge is 0.251 e. The van der Waals surface area contributed by atoms with Gasteiger partial charge in [-0.3, -0.25) is 9.59 Å². The quantitative estimate of drug-likeness (QED) is 0.688. The van der Waals surface area contributed by atoms with Gasteiger partial charge in [0.2, 0.25) is 5.91 Å². The first-order valence-corrected chi connectivity index (χ1v) is 8.74. The number of hydrogen-bond acceptors (Lipinski definition) is 5. The Hall–Kier alpha value is -2.06. The molecule has 0 unspecified atom stereocenters. The SMILES string of the molecule is CCn1c(CCNC(=O)c2ccc(Cl)cc2)nnc1SCC(N)=O. The summed E-state index contributed by atoms with van der Waals surface area (Å²) in [6.07, 6.45) is 0.539. The van der Waals surface area contributed by atoms with Gasteiger partial charge in [0.25, 0.3) is 5.91 Å². The van der Waals surface area contributed by atoms with E-state index in [0.29, 0.717) is 35.3 Å². The van der Waals surface area contributed by atoms with Gasteiger partial charge >= 0.3 is 0 Å². The van der Waals surface area contributed by atoms with Crippen LogP contribution in [0.4, 0.5) is 0 Å². The predicted octanol–water partition coefficient (Wildman–Crippen LogP) is 1.50. The number of primary amides is 1. The maximum Gasteiger partial charge on any atom is 0.251 e. The molecule has 3 N–H and O–H groups in total. The lowest BCUT2D eigenvalue weighted by Gasteiger charge is -2.08. The van der Waals surface area contributed by atoms with Crippen LogP contribution in [-0.4, -0.2) is 38.9 Å². The van der Waals surface area contributed by atoms with Crippen LogP contribution in [-0.2, 0) is 17.8 Å². The van der Waals surface area contributed by atoms with Crippen molar-refractivity contribution in [1.82, 2.24) is 20.1 Å². The molecule has 0 atom stereocenters. The molecule has 1 aromatic heterocycles. The van der Waals surface area contributed by atoms with Gasteiger partial charge in [0.05, 0.1) is 5.75 Å². The highest BCUT2D eigenvalue weighted by Gasteiger charge is 2.12. The number of amides is 2. The Morgan fingerprint density at radius 1 is 1.29 bits per heavy atom. The molecule has 0 saturated heterocycles. The van der Waals surface area contributed by atoms with Crippen LogP contribution in [0.3, 0.4) is 0 Å². The molecule has 0 radical (unpaired) electrons. The molecular weight excluding hydrogens is 350 g/mol. The molecule has 0 aliphatic heterocycles. The largest absolute Gasteiger partial charge is 0.369 e. The summed E-state index contributed by atoms with van der Waals surface area (Å²) < 4.78 is 1.90. The molecule has 128 valence electrons. The summed E-state index contributed by atoms with van der Waals surface area (Å²) in [6.45, 7) is 3.07. The minimum absolute atomic E-state index is 0.158. The van der Waals surface area contributed by atoms with Gasteiger partial charge in [0.15, 0.2) is 5.16 Å². The normalized spacial score (nSPS) is 10.6. The van der Waals surface area contributed by atoms with Crippen molar-refractivity contribution in [2.24, 2.45) is 5.73 Å². The summed E-state index contributed by atoms with van der Waals surface area (Å²) >= 11 is 7.05.